The summed E-state index contributed by atoms with van der Waals surface area (Å²) in [5.74, 6) is -1.04. The highest BCUT2D eigenvalue weighted by Crippen LogP contribution is 2.43. The Balaban J connectivity index is 1.48. The smallest absolute Gasteiger partial charge is 0.270 e. The van der Waals surface area contributed by atoms with Crippen molar-refractivity contribution in [2.75, 3.05) is 7.05 Å². The van der Waals surface area contributed by atoms with Gasteiger partial charge in [-0.2, -0.15) is 0 Å². The predicted octanol–water partition coefficient (Wildman–Crippen LogP) is 4.55. The Morgan fingerprint density at radius 1 is 1.12 bits per heavy atom. The molecule has 1 atom stereocenters. The van der Waals surface area contributed by atoms with E-state index in [0.717, 1.165) is 22.4 Å². The molecule has 0 saturated heterocycles. The second kappa shape index (κ2) is 8.78. The van der Waals surface area contributed by atoms with Gasteiger partial charge < -0.3 is 10.2 Å². The van der Waals surface area contributed by atoms with E-state index in [1.54, 1.807) is 37.4 Å². The minimum atomic E-state index is -1.16. The summed E-state index contributed by atoms with van der Waals surface area (Å²) in [6, 6.07) is 12.4. The molecule has 2 aromatic rings. The number of halogens is 2. The molecule has 1 N–H and O–H groups in total. The number of nitrogens with one attached hydrogen (secondary N) is 1. The molecule has 2 aliphatic heterocycles. The van der Waals surface area contributed by atoms with Crippen LogP contribution in [0.1, 0.15) is 34.3 Å². The number of benzene rings is 2. The number of aryl methyl sites for hydroxylation is 1. The van der Waals surface area contributed by atoms with E-state index in [2.05, 4.69) is 5.32 Å². The average Bonchev–Trinajstić information content (AvgIpc) is 3.08. The van der Waals surface area contributed by atoms with Gasteiger partial charge in [0, 0.05) is 45.9 Å². The first-order valence-corrected chi connectivity index (χ1v) is 11.7. The van der Waals surface area contributed by atoms with Crippen LogP contribution in [0.25, 0.3) is 5.70 Å². The van der Waals surface area contributed by atoms with Gasteiger partial charge in [-0.25, -0.2) is 0 Å². The van der Waals surface area contributed by atoms with E-state index in [0.29, 0.717) is 34.1 Å². The maximum absolute atomic E-state index is 13.5. The van der Waals surface area contributed by atoms with Gasteiger partial charge >= 0.3 is 0 Å². The van der Waals surface area contributed by atoms with Crippen LogP contribution in [0.4, 0.5) is 0 Å². The third-order valence-corrected chi connectivity index (χ3v) is 6.88. The van der Waals surface area contributed by atoms with Gasteiger partial charge in [0.25, 0.3) is 11.8 Å². The summed E-state index contributed by atoms with van der Waals surface area (Å²) in [5.41, 5.74) is 4.32. The van der Waals surface area contributed by atoms with Crippen LogP contribution in [0, 0.1) is 0 Å². The average molecular weight is 494 g/mol. The van der Waals surface area contributed by atoms with Crippen molar-refractivity contribution in [2.24, 2.45) is 0 Å². The quantitative estimate of drug-likeness (QED) is 0.678. The number of allylic oxidation sites excluding steroid dienone is 4. The first-order valence-electron chi connectivity index (χ1n) is 10.9. The summed E-state index contributed by atoms with van der Waals surface area (Å²) in [6.45, 7) is 0. The van der Waals surface area contributed by atoms with Crippen LogP contribution in [0.5, 0.6) is 0 Å². The number of fused-ring (bicyclic) bond motifs is 4. The van der Waals surface area contributed by atoms with Crippen molar-refractivity contribution in [1.29, 1.82) is 0 Å². The van der Waals surface area contributed by atoms with Crippen molar-refractivity contribution in [3.8, 4) is 0 Å². The summed E-state index contributed by atoms with van der Waals surface area (Å²) in [4.78, 5) is 42.9. The zero-order valence-corrected chi connectivity index (χ0v) is 19.9. The molecule has 2 heterocycles. The fourth-order valence-corrected chi connectivity index (χ4v) is 5.11. The lowest BCUT2D eigenvalue weighted by molar-refractivity contribution is -0.136. The minimum absolute atomic E-state index is 0.0972. The van der Waals surface area contributed by atoms with E-state index < -0.39 is 6.17 Å². The van der Waals surface area contributed by atoms with Gasteiger partial charge in [0.05, 0.1) is 5.70 Å². The first kappa shape index (κ1) is 22.4. The maximum atomic E-state index is 13.5. The van der Waals surface area contributed by atoms with Crippen molar-refractivity contribution < 1.29 is 14.4 Å². The molecular weight excluding hydrogens is 473 g/mol. The second-order valence-corrected chi connectivity index (χ2v) is 9.18. The number of likely N-dealkylation sites (N-methyl/N-ethyl adjacent to an activating group) is 1. The summed E-state index contributed by atoms with van der Waals surface area (Å²) in [5, 5.41) is 3.81. The SMILES string of the molecule is CN1C(=O)C(NC(=O)CCc2ccc(Cl)cc2Cl)N2C(=O)c3ccccc3C2=C2CC=CC=C21. The molecule has 8 heteroatoms. The Hall–Kier alpha value is -3.35. The van der Waals surface area contributed by atoms with E-state index in [9.17, 15) is 14.4 Å². The van der Waals surface area contributed by atoms with E-state index >= 15 is 0 Å². The third kappa shape index (κ3) is 3.73. The molecular formula is C26H21Cl2N3O3. The van der Waals surface area contributed by atoms with Crippen LogP contribution in [-0.4, -0.2) is 40.7 Å². The summed E-state index contributed by atoms with van der Waals surface area (Å²) < 4.78 is 0. The van der Waals surface area contributed by atoms with Crippen LogP contribution in [-0.2, 0) is 16.0 Å². The molecule has 3 amide bonds. The zero-order chi connectivity index (χ0) is 24.0. The standard InChI is InChI=1S/C26H21Cl2N3O3/c1-30-21-9-5-4-8-19(21)23-17-6-2-3-7-18(17)25(33)31(23)24(26(30)34)29-22(32)13-11-15-10-12-16(27)14-20(15)28/h2-7,9-10,12,14,24H,8,11,13H2,1H3,(H,29,32). The molecule has 0 fully saturated rings. The van der Waals surface area contributed by atoms with Gasteiger partial charge in [0.15, 0.2) is 6.17 Å². The van der Waals surface area contributed by atoms with Crippen molar-refractivity contribution in [1.82, 2.24) is 15.1 Å². The fourth-order valence-electron chi connectivity index (χ4n) is 4.61. The lowest BCUT2D eigenvalue weighted by Crippen LogP contribution is -2.55. The van der Waals surface area contributed by atoms with E-state index in [1.807, 2.05) is 30.4 Å². The number of carbonyl (C=O) groups excluding carboxylic acids is 3. The highest BCUT2D eigenvalue weighted by atomic mass is 35.5. The molecule has 1 unspecified atom stereocenters. The van der Waals surface area contributed by atoms with Gasteiger partial charge in [-0.3, -0.25) is 19.3 Å². The predicted molar refractivity (Wildman–Crippen MR) is 131 cm³/mol. The number of amides is 3. The molecule has 172 valence electrons. The Morgan fingerprint density at radius 3 is 2.65 bits per heavy atom. The van der Waals surface area contributed by atoms with Crippen LogP contribution in [0.2, 0.25) is 10.0 Å². The van der Waals surface area contributed by atoms with Crippen molar-refractivity contribution in [3.63, 3.8) is 0 Å². The molecule has 0 aromatic heterocycles. The minimum Gasteiger partial charge on any atom is -0.328 e. The number of hydrogen-bond acceptors (Lipinski definition) is 3. The number of carbonyl (C=O) groups is 3. The Labute approximate surface area is 207 Å². The number of rotatable bonds is 4. The lowest BCUT2D eigenvalue weighted by atomic mass is 9.97. The van der Waals surface area contributed by atoms with Gasteiger partial charge in [-0.1, -0.05) is 59.6 Å². The molecule has 2 aromatic carbocycles. The second-order valence-electron chi connectivity index (χ2n) is 8.34. The molecule has 0 bridgehead atoms. The Bertz CT molecular complexity index is 1330. The molecule has 6 nitrogen and oxygen atoms in total. The van der Waals surface area contributed by atoms with E-state index in [1.165, 1.54) is 9.80 Å². The summed E-state index contributed by atoms with van der Waals surface area (Å²) in [6.07, 6.45) is 5.63. The molecule has 1 aliphatic carbocycles. The molecule has 34 heavy (non-hydrogen) atoms. The van der Waals surface area contributed by atoms with E-state index in [4.69, 9.17) is 23.2 Å². The largest absolute Gasteiger partial charge is 0.328 e. The van der Waals surface area contributed by atoms with E-state index in [-0.39, 0.29) is 24.1 Å². The van der Waals surface area contributed by atoms with Gasteiger partial charge in [-0.05, 0) is 42.7 Å². The highest BCUT2D eigenvalue weighted by molar-refractivity contribution is 6.35. The normalized spacial score (nSPS) is 18.9. The third-order valence-electron chi connectivity index (χ3n) is 6.30. The summed E-state index contributed by atoms with van der Waals surface area (Å²) in [7, 11) is 1.67. The Kier molecular flexibility index (Phi) is 5.80. The first-order chi connectivity index (χ1) is 16.4. The monoisotopic (exact) mass is 493 g/mol. The molecule has 3 aliphatic rings. The van der Waals surface area contributed by atoms with Crippen LogP contribution in [0.15, 0.2) is 72.0 Å². The van der Waals surface area contributed by atoms with Crippen LogP contribution >= 0.6 is 23.2 Å². The maximum Gasteiger partial charge on any atom is 0.270 e. The lowest BCUT2D eigenvalue weighted by Gasteiger charge is -2.29. The van der Waals surface area contributed by atoms with Crippen molar-refractivity contribution in [3.05, 3.63) is 98.7 Å². The molecule has 0 radical (unpaired) electrons. The van der Waals surface area contributed by atoms with Crippen LogP contribution < -0.4 is 5.32 Å². The van der Waals surface area contributed by atoms with Gasteiger partial charge in [0.2, 0.25) is 5.91 Å². The van der Waals surface area contributed by atoms with Gasteiger partial charge in [-0.15, -0.1) is 0 Å². The number of nitrogens with zero attached hydrogens (tertiary/aromatic N) is 2. The van der Waals surface area contributed by atoms with Crippen LogP contribution in [0.3, 0.4) is 0 Å². The topological polar surface area (TPSA) is 69.7 Å². The van der Waals surface area contributed by atoms with Crippen molar-refractivity contribution >= 4 is 46.6 Å². The fraction of sp³-hybridized carbons (Fsp3) is 0.192. The van der Waals surface area contributed by atoms with Gasteiger partial charge in [0.1, 0.15) is 0 Å². The number of hydrogen-bond donors (Lipinski definition) is 1. The molecule has 0 spiro atoms. The Morgan fingerprint density at radius 2 is 1.88 bits per heavy atom. The summed E-state index contributed by atoms with van der Waals surface area (Å²) >= 11 is 12.2. The van der Waals surface area contributed by atoms with Crippen molar-refractivity contribution in [2.45, 2.75) is 25.4 Å². The molecule has 0 saturated carbocycles. The molecule has 5 rings (SSSR count). The highest BCUT2D eigenvalue weighted by Gasteiger charge is 2.46. The zero-order valence-electron chi connectivity index (χ0n) is 18.3.